The summed E-state index contributed by atoms with van der Waals surface area (Å²) < 4.78 is 4.96. The molecule has 4 heteroatoms. The van der Waals surface area contributed by atoms with E-state index in [4.69, 9.17) is 0 Å². The Kier molecular flexibility index (Phi) is 7.32. The third kappa shape index (κ3) is 4.47. The predicted octanol–water partition coefficient (Wildman–Crippen LogP) is 9.26. The highest BCUT2D eigenvalue weighted by atomic mass is 15.4. The van der Waals surface area contributed by atoms with Crippen LogP contribution in [0.5, 0.6) is 0 Å². The molecular formula is C42H43N4+. The zero-order valence-electron chi connectivity index (χ0n) is 28.0. The molecule has 2 heterocycles. The molecule has 5 aromatic carbocycles. The molecule has 1 aromatic heterocycles. The van der Waals surface area contributed by atoms with E-state index in [2.05, 4.69) is 195 Å². The van der Waals surface area contributed by atoms with E-state index in [1.165, 1.54) is 67.2 Å². The third-order valence-electron chi connectivity index (χ3n) is 10.2. The van der Waals surface area contributed by atoms with Gasteiger partial charge in [0.1, 0.15) is 11.9 Å². The number of fused-ring (bicyclic) bond motifs is 1. The van der Waals surface area contributed by atoms with E-state index in [1.807, 2.05) is 0 Å². The summed E-state index contributed by atoms with van der Waals surface area (Å²) in [6.45, 7) is 13.7. The fraction of sp³-hybridized carbons (Fsp3) is 0.214. The van der Waals surface area contributed by atoms with Crippen LogP contribution in [0.2, 0.25) is 0 Å². The van der Waals surface area contributed by atoms with Gasteiger partial charge in [-0.1, -0.05) is 91.0 Å². The van der Waals surface area contributed by atoms with E-state index >= 15 is 0 Å². The monoisotopic (exact) mass is 603 g/mol. The van der Waals surface area contributed by atoms with Crippen molar-refractivity contribution in [2.24, 2.45) is 7.05 Å². The molecule has 6 aromatic rings. The Bertz CT molecular complexity index is 2080. The van der Waals surface area contributed by atoms with Crippen molar-refractivity contribution < 1.29 is 4.57 Å². The molecule has 0 saturated carbocycles. The maximum Gasteiger partial charge on any atom is 0.293 e. The summed E-state index contributed by atoms with van der Waals surface area (Å²) in [6.07, 6.45) is 4.59. The molecule has 230 valence electrons. The van der Waals surface area contributed by atoms with Crippen LogP contribution >= 0.6 is 0 Å². The van der Waals surface area contributed by atoms with Gasteiger partial charge in [0.25, 0.3) is 5.82 Å². The Morgan fingerprint density at radius 3 is 1.98 bits per heavy atom. The third-order valence-corrected chi connectivity index (χ3v) is 10.2. The van der Waals surface area contributed by atoms with Gasteiger partial charge in [0.05, 0.1) is 7.05 Å². The molecule has 0 saturated heterocycles. The summed E-state index contributed by atoms with van der Waals surface area (Å²) in [4.78, 5) is 4.94. The van der Waals surface area contributed by atoms with Crippen molar-refractivity contribution in [3.63, 3.8) is 0 Å². The Labute approximate surface area is 273 Å². The molecule has 1 unspecified atom stereocenters. The molecule has 1 aliphatic rings. The summed E-state index contributed by atoms with van der Waals surface area (Å²) in [5.41, 5.74) is 13.2. The Hall–Kier alpha value is -5.09. The van der Waals surface area contributed by atoms with Crippen LogP contribution in [0.4, 0.5) is 5.69 Å². The zero-order valence-corrected chi connectivity index (χ0v) is 28.0. The lowest BCUT2D eigenvalue weighted by atomic mass is 9.82. The number of aromatic nitrogens is 2. The van der Waals surface area contributed by atoms with Gasteiger partial charge >= 0.3 is 0 Å². The van der Waals surface area contributed by atoms with Gasteiger partial charge in [-0.2, -0.15) is 4.57 Å². The van der Waals surface area contributed by atoms with Crippen LogP contribution in [0.15, 0.2) is 128 Å². The second-order valence-electron chi connectivity index (χ2n) is 12.9. The van der Waals surface area contributed by atoms with E-state index in [1.54, 1.807) is 0 Å². The largest absolute Gasteiger partial charge is 0.336 e. The molecule has 4 nitrogen and oxygen atoms in total. The number of nitrogens with zero attached hydrogens (tertiary/aromatic N) is 4. The molecule has 0 radical (unpaired) electrons. The SMILES string of the molecule is Cc1ccccc1-c1cccc(C(C)(c2n(-c3c(C)cccc3C)c3ccccc3[n+]2C)N2C=CN(c3ccccc3)[C@@H]2C)c1C. The lowest BCUT2D eigenvalue weighted by Crippen LogP contribution is -2.55. The number of benzene rings is 5. The summed E-state index contributed by atoms with van der Waals surface area (Å²) in [5.74, 6) is 1.21. The highest BCUT2D eigenvalue weighted by Gasteiger charge is 2.51. The van der Waals surface area contributed by atoms with Crippen molar-refractivity contribution in [1.82, 2.24) is 9.47 Å². The van der Waals surface area contributed by atoms with Crippen molar-refractivity contribution in [2.45, 2.75) is 53.2 Å². The molecule has 2 atom stereocenters. The molecule has 0 bridgehead atoms. The number of rotatable bonds is 6. The van der Waals surface area contributed by atoms with Crippen LogP contribution in [0.1, 0.15) is 47.5 Å². The molecule has 7 rings (SSSR count). The Morgan fingerprint density at radius 2 is 1.24 bits per heavy atom. The lowest BCUT2D eigenvalue weighted by Gasteiger charge is -2.42. The van der Waals surface area contributed by atoms with Crippen LogP contribution in [-0.2, 0) is 12.6 Å². The smallest absolute Gasteiger partial charge is 0.293 e. The standard InChI is InChI=1S/C42H43N4/c1-29-17-11-12-22-35(29)36-23-16-24-37(32(36)4)42(6,45-28-27-44(33(45)5)34-20-9-8-10-21-34)41-43(7)38-25-13-14-26-39(38)46(41)40-30(2)18-15-19-31(40)3/h8-28,33H,1-7H3/q+1/t33-,42?/m0/s1. The number of hydrogen-bond donors (Lipinski definition) is 0. The minimum atomic E-state index is -0.579. The fourth-order valence-corrected chi connectivity index (χ4v) is 7.90. The molecular weight excluding hydrogens is 560 g/mol. The minimum Gasteiger partial charge on any atom is -0.336 e. The van der Waals surface area contributed by atoms with Crippen molar-refractivity contribution >= 4 is 16.7 Å². The van der Waals surface area contributed by atoms with Gasteiger partial charge in [0, 0.05) is 18.1 Å². The lowest BCUT2D eigenvalue weighted by molar-refractivity contribution is -0.658. The number of imidazole rings is 1. The average Bonchev–Trinajstić information content (AvgIpc) is 3.59. The van der Waals surface area contributed by atoms with Crippen molar-refractivity contribution in [3.8, 4) is 16.8 Å². The number of para-hydroxylation sites is 4. The van der Waals surface area contributed by atoms with E-state index in [9.17, 15) is 0 Å². The number of anilines is 1. The van der Waals surface area contributed by atoms with Crippen LogP contribution in [0.25, 0.3) is 27.8 Å². The number of aryl methyl sites for hydroxylation is 4. The van der Waals surface area contributed by atoms with Crippen molar-refractivity contribution in [3.05, 3.63) is 161 Å². The summed E-state index contributed by atoms with van der Waals surface area (Å²) in [6, 6.07) is 41.8. The Balaban J connectivity index is 1.57. The van der Waals surface area contributed by atoms with Crippen molar-refractivity contribution in [2.75, 3.05) is 4.90 Å². The van der Waals surface area contributed by atoms with Gasteiger partial charge in [-0.3, -0.25) is 0 Å². The average molecular weight is 604 g/mol. The molecule has 0 spiro atoms. The minimum absolute atomic E-state index is 0.0540. The van der Waals surface area contributed by atoms with Gasteiger partial charge in [-0.25, -0.2) is 4.57 Å². The highest BCUT2D eigenvalue weighted by Crippen LogP contribution is 2.45. The topological polar surface area (TPSA) is 15.3 Å². The maximum absolute atomic E-state index is 2.56. The zero-order chi connectivity index (χ0) is 32.2. The first kappa shape index (κ1) is 29.6. The van der Waals surface area contributed by atoms with Crippen LogP contribution in [0.3, 0.4) is 0 Å². The maximum atomic E-state index is 2.56. The molecule has 1 aliphatic heterocycles. The van der Waals surface area contributed by atoms with E-state index in [0.29, 0.717) is 0 Å². The first-order chi connectivity index (χ1) is 22.2. The van der Waals surface area contributed by atoms with Gasteiger partial charge in [0.15, 0.2) is 16.6 Å². The van der Waals surface area contributed by atoms with E-state index < -0.39 is 5.54 Å². The summed E-state index contributed by atoms with van der Waals surface area (Å²) in [5, 5.41) is 0. The number of hydrogen-bond acceptors (Lipinski definition) is 2. The summed E-state index contributed by atoms with van der Waals surface area (Å²) >= 11 is 0. The molecule has 0 amide bonds. The van der Waals surface area contributed by atoms with E-state index in [0.717, 1.165) is 0 Å². The quantitative estimate of drug-likeness (QED) is 0.176. The van der Waals surface area contributed by atoms with Crippen LogP contribution in [0, 0.1) is 27.7 Å². The fourth-order valence-electron chi connectivity index (χ4n) is 7.90. The van der Waals surface area contributed by atoms with E-state index in [-0.39, 0.29) is 6.17 Å². The first-order valence-corrected chi connectivity index (χ1v) is 16.3. The molecule has 0 N–H and O–H groups in total. The van der Waals surface area contributed by atoms with Gasteiger partial charge in [-0.15, -0.1) is 0 Å². The first-order valence-electron chi connectivity index (χ1n) is 16.3. The molecule has 0 fully saturated rings. The van der Waals surface area contributed by atoms with Crippen LogP contribution < -0.4 is 9.47 Å². The summed E-state index contributed by atoms with van der Waals surface area (Å²) in [7, 11) is 2.24. The normalized spacial score (nSPS) is 15.9. The molecule has 46 heavy (non-hydrogen) atoms. The highest BCUT2D eigenvalue weighted by molar-refractivity contribution is 5.77. The predicted molar refractivity (Wildman–Crippen MR) is 191 cm³/mol. The van der Waals surface area contributed by atoms with Gasteiger partial charge in [0.2, 0.25) is 0 Å². The second kappa shape index (κ2) is 11.4. The van der Waals surface area contributed by atoms with Gasteiger partial charge < -0.3 is 9.80 Å². The van der Waals surface area contributed by atoms with Crippen LogP contribution in [-0.4, -0.2) is 15.6 Å². The molecule has 0 aliphatic carbocycles. The van der Waals surface area contributed by atoms with Gasteiger partial charge in [-0.05, 0) is 105 Å². The van der Waals surface area contributed by atoms with Crippen molar-refractivity contribution in [1.29, 1.82) is 0 Å². The second-order valence-corrected chi connectivity index (χ2v) is 12.9. The Morgan fingerprint density at radius 1 is 0.630 bits per heavy atom.